The van der Waals surface area contributed by atoms with Crippen LogP contribution in [0.5, 0.6) is 0 Å². The summed E-state index contributed by atoms with van der Waals surface area (Å²) in [6.07, 6.45) is 0. The second-order valence-electron chi connectivity index (χ2n) is 4.25. The minimum atomic E-state index is -0.178. The maximum absolute atomic E-state index is 11.7. The topological polar surface area (TPSA) is 70.2 Å². The second kappa shape index (κ2) is 7.16. The van der Waals surface area contributed by atoms with Crippen molar-refractivity contribution < 1.29 is 9.59 Å². The maximum Gasteiger partial charge on any atom is 0.239 e. The van der Waals surface area contributed by atoms with Gasteiger partial charge in [0, 0.05) is 18.2 Å². The molecule has 1 aliphatic rings. The molecule has 0 aromatic heterocycles. The second-order valence-corrected chi connectivity index (χ2v) is 5.28. The monoisotopic (exact) mass is 279 g/mol. The molecular formula is C13H17N3O2S. The molecule has 1 aromatic rings. The fraction of sp³-hybridized carbons (Fsp3) is 0.385. The van der Waals surface area contributed by atoms with E-state index in [2.05, 4.69) is 16.0 Å². The Morgan fingerprint density at radius 2 is 2.05 bits per heavy atom. The Bertz CT molecular complexity index is 433. The fourth-order valence-corrected chi connectivity index (χ4v) is 2.66. The van der Waals surface area contributed by atoms with Crippen LogP contribution in [-0.4, -0.2) is 36.0 Å². The highest BCUT2D eigenvalue weighted by Gasteiger charge is 2.22. The van der Waals surface area contributed by atoms with Gasteiger partial charge in [-0.15, -0.1) is 11.8 Å². The normalized spacial score (nSPS) is 18.0. The average Bonchev–Trinajstić information content (AvgIpc) is 2.98. The zero-order chi connectivity index (χ0) is 13.5. The van der Waals surface area contributed by atoms with Crippen LogP contribution in [0.3, 0.4) is 0 Å². The van der Waals surface area contributed by atoms with E-state index in [0.29, 0.717) is 6.54 Å². The lowest BCUT2D eigenvalue weighted by Crippen LogP contribution is -2.45. The molecule has 2 amide bonds. The first kappa shape index (κ1) is 13.9. The van der Waals surface area contributed by atoms with Crippen molar-refractivity contribution in [3.8, 4) is 0 Å². The van der Waals surface area contributed by atoms with E-state index in [1.165, 1.54) is 0 Å². The number of carbonyl (C=O) groups is 2. The Hall–Kier alpha value is -1.53. The molecule has 102 valence electrons. The van der Waals surface area contributed by atoms with Crippen molar-refractivity contribution in [2.24, 2.45) is 0 Å². The molecule has 1 fully saturated rings. The summed E-state index contributed by atoms with van der Waals surface area (Å²) in [6, 6.07) is 9.49. The predicted molar refractivity (Wildman–Crippen MR) is 75.5 cm³/mol. The molecule has 0 saturated carbocycles. The van der Waals surface area contributed by atoms with Crippen LogP contribution in [0, 0.1) is 0 Å². The van der Waals surface area contributed by atoms with Crippen LogP contribution in [0.15, 0.2) is 30.3 Å². The molecule has 1 aromatic carbocycles. The molecule has 1 saturated heterocycles. The molecule has 19 heavy (non-hydrogen) atoms. The zero-order valence-corrected chi connectivity index (χ0v) is 11.3. The highest BCUT2D eigenvalue weighted by atomic mass is 32.2. The van der Waals surface area contributed by atoms with Gasteiger partial charge in [-0.1, -0.05) is 30.3 Å². The maximum atomic E-state index is 11.7. The van der Waals surface area contributed by atoms with Gasteiger partial charge in [-0.2, -0.15) is 0 Å². The summed E-state index contributed by atoms with van der Waals surface area (Å²) in [4.78, 5) is 23.2. The smallest absolute Gasteiger partial charge is 0.239 e. The van der Waals surface area contributed by atoms with Gasteiger partial charge in [0.05, 0.1) is 12.6 Å². The first-order valence-electron chi connectivity index (χ1n) is 6.15. The van der Waals surface area contributed by atoms with Crippen molar-refractivity contribution in [3.63, 3.8) is 0 Å². The predicted octanol–water partition coefficient (Wildman–Crippen LogP) is 0.0815. The molecule has 1 atom stereocenters. The van der Waals surface area contributed by atoms with Crippen molar-refractivity contribution >= 4 is 23.6 Å². The average molecular weight is 279 g/mol. The summed E-state index contributed by atoms with van der Waals surface area (Å²) in [6.45, 7) is 0.502. The number of rotatable bonds is 5. The Kier molecular flexibility index (Phi) is 5.23. The van der Waals surface area contributed by atoms with Gasteiger partial charge >= 0.3 is 0 Å². The van der Waals surface area contributed by atoms with Crippen LogP contribution in [0.2, 0.25) is 0 Å². The van der Waals surface area contributed by atoms with E-state index in [1.807, 2.05) is 30.3 Å². The van der Waals surface area contributed by atoms with Crippen LogP contribution < -0.4 is 16.0 Å². The lowest BCUT2D eigenvalue weighted by atomic mass is 10.2. The summed E-state index contributed by atoms with van der Waals surface area (Å²) in [5, 5.41) is 8.46. The summed E-state index contributed by atoms with van der Waals surface area (Å²) in [7, 11) is 0. The highest BCUT2D eigenvalue weighted by molar-refractivity contribution is 7.99. The number of nitrogens with one attached hydrogen (secondary N) is 3. The number of carbonyl (C=O) groups excluding carboxylic acids is 2. The molecule has 2 rings (SSSR count). The summed E-state index contributed by atoms with van der Waals surface area (Å²) < 4.78 is 0. The van der Waals surface area contributed by atoms with Gasteiger partial charge in [0.25, 0.3) is 0 Å². The molecule has 6 heteroatoms. The van der Waals surface area contributed by atoms with E-state index >= 15 is 0 Å². The molecule has 0 bridgehead atoms. The largest absolute Gasteiger partial charge is 0.350 e. The molecular weight excluding hydrogens is 262 g/mol. The minimum Gasteiger partial charge on any atom is -0.350 e. The van der Waals surface area contributed by atoms with E-state index in [1.54, 1.807) is 11.8 Å². The van der Waals surface area contributed by atoms with Crippen LogP contribution in [-0.2, 0) is 16.1 Å². The summed E-state index contributed by atoms with van der Waals surface area (Å²) >= 11 is 1.68. The molecule has 0 radical (unpaired) electrons. The molecule has 5 nitrogen and oxygen atoms in total. The van der Waals surface area contributed by atoms with E-state index < -0.39 is 0 Å². The number of hydrogen-bond donors (Lipinski definition) is 3. The Morgan fingerprint density at radius 1 is 1.26 bits per heavy atom. The SMILES string of the molecule is O=C(CNC(=O)C1CSCN1)NCc1ccccc1. The standard InChI is InChI=1S/C13H17N3O2S/c17-12(14-6-10-4-2-1-3-5-10)7-15-13(18)11-8-19-9-16-11/h1-5,11,16H,6-9H2,(H,14,17)(H,15,18). The number of amides is 2. The lowest BCUT2D eigenvalue weighted by molar-refractivity contribution is -0.126. The first-order valence-corrected chi connectivity index (χ1v) is 7.30. The van der Waals surface area contributed by atoms with Crippen LogP contribution in [0.25, 0.3) is 0 Å². The third-order valence-electron chi connectivity index (χ3n) is 2.79. The van der Waals surface area contributed by atoms with E-state index in [4.69, 9.17) is 0 Å². The Morgan fingerprint density at radius 3 is 2.74 bits per heavy atom. The van der Waals surface area contributed by atoms with Crippen molar-refractivity contribution in [3.05, 3.63) is 35.9 Å². The molecule has 1 heterocycles. The molecule has 1 unspecified atom stereocenters. The Labute approximate surface area is 116 Å². The quantitative estimate of drug-likeness (QED) is 0.714. The molecule has 3 N–H and O–H groups in total. The van der Waals surface area contributed by atoms with E-state index in [9.17, 15) is 9.59 Å². The van der Waals surface area contributed by atoms with Crippen molar-refractivity contribution in [1.82, 2.24) is 16.0 Å². The number of thioether (sulfide) groups is 1. The van der Waals surface area contributed by atoms with Gasteiger partial charge in [0.15, 0.2) is 0 Å². The van der Waals surface area contributed by atoms with Crippen LogP contribution >= 0.6 is 11.8 Å². The third kappa shape index (κ3) is 4.57. The summed E-state index contributed by atoms with van der Waals surface area (Å²) in [5.41, 5.74) is 1.04. The lowest BCUT2D eigenvalue weighted by Gasteiger charge is -2.10. The van der Waals surface area contributed by atoms with Gasteiger partial charge in [-0.3, -0.25) is 14.9 Å². The summed E-state index contributed by atoms with van der Waals surface area (Å²) in [5.74, 6) is 1.26. The van der Waals surface area contributed by atoms with Gasteiger partial charge in [0.1, 0.15) is 0 Å². The van der Waals surface area contributed by atoms with Gasteiger partial charge in [0.2, 0.25) is 11.8 Å². The first-order chi connectivity index (χ1) is 9.25. The molecule has 1 aliphatic heterocycles. The fourth-order valence-electron chi connectivity index (χ4n) is 1.71. The van der Waals surface area contributed by atoms with Gasteiger partial charge in [-0.25, -0.2) is 0 Å². The van der Waals surface area contributed by atoms with Gasteiger partial charge in [-0.05, 0) is 5.56 Å². The van der Waals surface area contributed by atoms with Gasteiger partial charge < -0.3 is 10.6 Å². The minimum absolute atomic E-state index is 0.0223. The molecule has 0 aliphatic carbocycles. The third-order valence-corrected chi connectivity index (χ3v) is 3.73. The van der Waals surface area contributed by atoms with E-state index in [-0.39, 0.29) is 24.4 Å². The molecule has 0 spiro atoms. The van der Waals surface area contributed by atoms with Crippen LogP contribution in [0.4, 0.5) is 0 Å². The highest BCUT2D eigenvalue weighted by Crippen LogP contribution is 2.08. The number of hydrogen-bond acceptors (Lipinski definition) is 4. The van der Waals surface area contributed by atoms with Crippen molar-refractivity contribution in [2.75, 3.05) is 18.2 Å². The zero-order valence-electron chi connectivity index (χ0n) is 10.5. The van der Waals surface area contributed by atoms with Crippen molar-refractivity contribution in [1.29, 1.82) is 0 Å². The number of benzene rings is 1. The van der Waals surface area contributed by atoms with E-state index in [0.717, 1.165) is 17.2 Å². The van der Waals surface area contributed by atoms with Crippen LogP contribution in [0.1, 0.15) is 5.56 Å². The van der Waals surface area contributed by atoms with Crippen molar-refractivity contribution in [2.45, 2.75) is 12.6 Å². The Balaban J connectivity index is 1.65.